The lowest BCUT2D eigenvalue weighted by molar-refractivity contribution is 0.0836. The van der Waals surface area contributed by atoms with Crippen LogP contribution in [0.15, 0.2) is 24.3 Å². The average Bonchev–Trinajstić information content (AvgIpc) is 2.30. The van der Waals surface area contributed by atoms with E-state index in [-0.39, 0.29) is 6.10 Å². The van der Waals surface area contributed by atoms with Gasteiger partial charge in [0.15, 0.2) is 0 Å². The van der Waals surface area contributed by atoms with E-state index >= 15 is 0 Å². The van der Waals surface area contributed by atoms with Crippen molar-refractivity contribution in [2.24, 2.45) is 0 Å². The van der Waals surface area contributed by atoms with Crippen LogP contribution in [0.1, 0.15) is 19.4 Å². The summed E-state index contributed by atoms with van der Waals surface area (Å²) in [6, 6.07) is 7.63. The molecule has 0 radical (unpaired) electrons. The highest BCUT2D eigenvalue weighted by Gasteiger charge is 2.15. The molecule has 2 atom stereocenters. The molecule has 2 N–H and O–H groups in total. The van der Waals surface area contributed by atoms with Gasteiger partial charge < -0.3 is 15.2 Å². The third-order valence-corrected chi connectivity index (χ3v) is 2.80. The molecule has 90 valence electrons. The zero-order chi connectivity index (χ0) is 12.0. The molecule has 1 aromatic carbocycles. The number of phenols is 1. The fourth-order valence-electron chi connectivity index (χ4n) is 1.72. The number of aromatic hydroxyl groups is 1. The van der Waals surface area contributed by atoms with Gasteiger partial charge in [-0.3, -0.25) is 0 Å². The van der Waals surface area contributed by atoms with Crippen molar-refractivity contribution in [1.29, 1.82) is 0 Å². The lowest BCUT2D eigenvalue weighted by atomic mass is 10.0. The minimum atomic E-state index is 0.175. The van der Waals surface area contributed by atoms with Gasteiger partial charge in [0.1, 0.15) is 5.75 Å². The third kappa shape index (κ3) is 3.83. The van der Waals surface area contributed by atoms with E-state index in [2.05, 4.69) is 19.2 Å². The molecule has 0 aliphatic carbocycles. The SMILES string of the molecule is CCNC(Cc1ccc(O)cc1)C(C)OC. The molecule has 0 amide bonds. The molecule has 0 fully saturated rings. The summed E-state index contributed by atoms with van der Waals surface area (Å²) in [6.45, 7) is 5.08. The summed E-state index contributed by atoms with van der Waals surface area (Å²) in [5.41, 5.74) is 1.20. The number of rotatable bonds is 6. The highest BCUT2D eigenvalue weighted by atomic mass is 16.5. The van der Waals surface area contributed by atoms with Crippen molar-refractivity contribution in [2.45, 2.75) is 32.4 Å². The topological polar surface area (TPSA) is 41.5 Å². The number of phenolic OH excluding ortho intramolecular Hbond substituents is 1. The monoisotopic (exact) mass is 223 g/mol. The Labute approximate surface area is 97.4 Å². The Morgan fingerprint density at radius 3 is 2.44 bits per heavy atom. The van der Waals surface area contributed by atoms with Crippen molar-refractivity contribution in [1.82, 2.24) is 5.32 Å². The third-order valence-electron chi connectivity index (χ3n) is 2.80. The molecule has 0 heterocycles. The molecule has 16 heavy (non-hydrogen) atoms. The maximum absolute atomic E-state index is 9.21. The molecule has 0 saturated heterocycles. The van der Waals surface area contributed by atoms with Crippen LogP contribution in [-0.2, 0) is 11.2 Å². The van der Waals surface area contributed by atoms with Crippen LogP contribution < -0.4 is 5.32 Å². The van der Waals surface area contributed by atoms with Crippen LogP contribution in [0.5, 0.6) is 5.75 Å². The highest BCUT2D eigenvalue weighted by molar-refractivity contribution is 5.26. The van der Waals surface area contributed by atoms with Crippen molar-refractivity contribution in [2.75, 3.05) is 13.7 Å². The van der Waals surface area contributed by atoms with Crippen LogP contribution >= 0.6 is 0 Å². The lowest BCUT2D eigenvalue weighted by Crippen LogP contribution is -2.40. The van der Waals surface area contributed by atoms with Crippen molar-refractivity contribution >= 4 is 0 Å². The Bertz CT molecular complexity index is 297. The molecular formula is C13H21NO2. The van der Waals surface area contributed by atoms with Crippen LogP contribution in [-0.4, -0.2) is 30.9 Å². The zero-order valence-electron chi connectivity index (χ0n) is 10.2. The molecule has 0 aliphatic heterocycles. The molecule has 2 unspecified atom stereocenters. The van der Waals surface area contributed by atoms with Gasteiger partial charge in [0.05, 0.1) is 6.10 Å². The van der Waals surface area contributed by atoms with Gasteiger partial charge >= 0.3 is 0 Å². The lowest BCUT2D eigenvalue weighted by Gasteiger charge is -2.23. The number of likely N-dealkylation sites (N-methyl/N-ethyl adjacent to an activating group) is 1. The second-order valence-corrected chi connectivity index (χ2v) is 3.98. The molecule has 0 spiro atoms. The minimum absolute atomic E-state index is 0.175. The van der Waals surface area contributed by atoms with Crippen LogP contribution in [0.2, 0.25) is 0 Å². The van der Waals surface area contributed by atoms with E-state index in [1.807, 2.05) is 12.1 Å². The summed E-state index contributed by atoms with van der Waals surface area (Å²) in [6.07, 6.45) is 1.08. The first-order valence-electron chi connectivity index (χ1n) is 5.71. The fraction of sp³-hybridized carbons (Fsp3) is 0.538. The van der Waals surface area contributed by atoms with Crippen LogP contribution in [0.25, 0.3) is 0 Å². The van der Waals surface area contributed by atoms with Gasteiger partial charge in [-0.25, -0.2) is 0 Å². The first kappa shape index (κ1) is 13.0. The van der Waals surface area contributed by atoms with Gasteiger partial charge in [-0.2, -0.15) is 0 Å². The van der Waals surface area contributed by atoms with Crippen molar-refractivity contribution in [3.05, 3.63) is 29.8 Å². The molecule has 1 aromatic rings. The number of benzene rings is 1. The minimum Gasteiger partial charge on any atom is -0.508 e. The number of methoxy groups -OCH3 is 1. The summed E-state index contributed by atoms with van der Waals surface area (Å²) < 4.78 is 5.35. The van der Waals surface area contributed by atoms with Crippen molar-refractivity contribution in [3.8, 4) is 5.75 Å². The standard InChI is InChI=1S/C13H21NO2/c1-4-14-13(10(2)16-3)9-11-5-7-12(15)8-6-11/h5-8,10,13-15H,4,9H2,1-3H3. The largest absolute Gasteiger partial charge is 0.508 e. The van der Waals surface area contributed by atoms with E-state index in [9.17, 15) is 5.11 Å². The Balaban J connectivity index is 2.63. The van der Waals surface area contributed by atoms with E-state index in [4.69, 9.17) is 4.74 Å². The second-order valence-electron chi connectivity index (χ2n) is 3.98. The molecule has 0 aromatic heterocycles. The molecule has 3 heteroatoms. The van der Waals surface area contributed by atoms with E-state index in [1.54, 1.807) is 19.2 Å². The van der Waals surface area contributed by atoms with Crippen molar-refractivity contribution in [3.63, 3.8) is 0 Å². The Hall–Kier alpha value is -1.06. The number of hydrogen-bond acceptors (Lipinski definition) is 3. The van der Waals surface area contributed by atoms with E-state index in [1.165, 1.54) is 5.56 Å². The summed E-state index contributed by atoms with van der Waals surface area (Å²) in [4.78, 5) is 0. The maximum atomic E-state index is 9.21. The Kier molecular flexibility index (Phi) is 5.29. The normalized spacial score (nSPS) is 14.7. The van der Waals surface area contributed by atoms with Gasteiger partial charge in [-0.15, -0.1) is 0 Å². The highest BCUT2D eigenvalue weighted by Crippen LogP contribution is 2.13. The van der Waals surface area contributed by atoms with Crippen LogP contribution in [0.3, 0.4) is 0 Å². The van der Waals surface area contributed by atoms with E-state index in [0.29, 0.717) is 11.8 Å². The summed E-state index contributed by atoms with van der Waals surface area (Å²) in [5.74, 6) is 0.309. The number of ether oxygens (including phenoxy) is 1. The second kappa shape index (κ2) is 6.51. The average molecular weight is 223 g/mol. The predicted octanol–water partition coefficient (Wildman–Crippen LogP) is 1.95. The zero-order valence-corrected chi connectivity index (χ0v) is 10.2. The molecule has 3 nitrogen and oxygen atoms in total. The van der Waals surface area contributed by atoms with Crippen LogP contribution in [0.4, 0.5) is 0 Å². The number of hydrogen-bond donors (Lipinski definition) is 2. The van der Waals surface area contributed by atoms with Gasteiger partial charge in [-0.1, -0.05) is 19.1 Å². The molecule has 0 bridgehead atoms. The summed E-state index contributed by atoms with van der Waals surface area (Å²) in [5, 5.41) is 12.6. The van der Waals surface area contributed by atoms with Crippen LogP contribution in [0, 0.1) is 0 Å². The van der Waals surface area contributed by atoms with E-state index in [0.717, 1.165) is 13.0 Å². The smallest absolute Gasteiger partial charge is 0.115 e. The van der Waals surface area contributed by atoms with Gasteiger partial charge in [0, 0.05) is 13.2 Å². The van der Waals surface area contributed by atoms with Crippen molar-refractivity contribution < 1.29 is 9.84 Å². The summed E-state index contributed by atoms with van der Waals surface area (Å²) >= 11 is 0. The fourth-order valence-corrected chi connectivity index (χ4v) is 1.72. The molecule has 1 rings (SSSR count). The Morgan fingerprint density at radius 1 is 1.31 bits per heavy atom. The van der Waals surface area contributed by atoms with Gasteiger partial charge in [-0.05, 0) is 37.6 Å². The number of nitrogens with one attached hydrogen (secondary N) is 1. The molecule has 0 aliphatic rings. The predicted molar refractivity (Wildman–Crippen MR) is 65.7 cm³/mol. The maximum Gasteiger partial charge on any atom is 0.115 e. The van der Waals surface area contributed by atoms with Gasteiger partial charge in [0.2, 0.25) is 0 Å². The first-order valence-corrected chi connectivity index (χ1v) is 5.71. The quantitative estimate of drug-likeness (QED) is 0.774. The van der Waals surface area contributed by atoms with Gasteiger partial charge in [0.25, 0.3) is 0 Å². The van der Waals surface area contributed by atoms with E-state index < -0.39 is 0 Å². The summed E-state index contributed by atoms with van der Waals surface area (Å²) in [7, 11) is 1.73. The Morgan fingerprint density at radius 2 is 1.94 bits per heavy atom. The first-order chi connectivity index (χ1) is 7.67. The molecule has 0 saturated carbocycles. The molecular weight excluding hydrogens is 202 g/mol.